The first kappa shape index (κ1) is 37.6. The molecule has 0 bridgehead atoms. The number of rotatable bonds is 28. The molecule has 0 aliphatic rings. The van der Waals surface area contributed by atoms with Crippen LogP contribution in [0.3, 0.4) is 0 Å². The Morgan fingerprint density at radius 1 is 0.419 bits per heavy atom. The Hall–Kier alpha value is -1.61. The fourth-order valence-corrected chi connectivity index (χ4v) is 6.78. The lowest BCUT2D eigenvalue weighted by Crippen LogP contribution is -2.14. The van der Waals surface area contributed by atoms with Crippen LogP contribution in [0.2, 0.25) is 0 Å². The minimum absolute atomic E-state index is 0.528. The van der Waals surface area contributed by atoms with Gasteiger partial charge in [-0.3, -0.25) is 0 Å². The van der Waals surface area contributed by atoms with E-state index in [2.05, 4.69) is 86.9 Å². The van der Waals surface area contributed by atoms with Crippen LogP contribution in [0.1, 0.15) is 169 Å². The first-order chi connectivity index (χ1) is 21.1. The molecule has 0 heterocycles. The molecule has 2 atom stereocenters. The molecule has 2 aromatic rings. The van der Waals surface area contributed by atoms with Gasteiger partial charge in [-0.1, -0.05) is 154 Å². The second kappa shape index (κ2) is 25.7. The second-order valence-corrected chi connectivity index (χ2v) is 14.3. The summed E-state index contributed by atoms with van der Waals surface area (Å²) in [6.07, 6.45) is 30.6. The average Bonchev–Trinajstić information content (AvgIpc) is 3.01. The van der Waals surface area contributed by atoms with E-state index in [4.69, 9.17) is 0 Å². The van der Waals surface area contributed by atoms with E-state index < -0.39 is 0 Å². The summed E-state index contributed by atoms with van der Waals surface area (Å²) in [7, 11) is 0. The third-order valence-electron chi connectivity index (χ3n) is 8.75. The maximum absolute atomic E-state index is 3.71. The van der Waals surface area contributed by atoms with Crippen LogP contribution in [-0.4, -0.2) is 12.1 Å². The van der Waals surface area contributed by atoms with Crippen LogP contribution in [0, 0.1) is 0 Å². The van der Waals surface area contributed by atoms with Gasteiger partial charge in [-0.25, -0.2) is 0 Å². The molecule has 2 unspecified atom stereocenters. The predicted molar refractivity (Wildman–Crippen MR) is 196 cm³/mol. The van der Waals surface area contributed by atoms with Crippen LogP contribution < -0.4 is 10.6 Å². The highest BCUT2D eigenvalue weighted by molar-refractivity contribution is 7.99. The molecule has 0 saturated heterocycles. The average molecular weight is 609 g/mol. The summed E-state index contributed by atoms with van der Waals surface area (Å²) < 4.78 is 0. The Labute approximate surface area is 272 Å². The number of anilines is 2. The summed E-state index contributed by atoms with van der Waals surface area (Å²) in [6.45, 7) is 9.24. The van der Waals surface area contributed by atoms with Crippen LogP contribution in [0.25, 0.3) is 0 Å². The van der Waals surface area contributed by atoms with Gasteiger partial charge >= 0.3 is 0 Å². The van der Waals surface area contributed by atoms with Gasteiger partial charge in [0.2, 0.25) is 0 Å². The maximum Gasteiger partial charge on any atom is 0.0342 e. The van der Waals surface area contributed by atoms with Crippen LogP contribution >= 0.6 is 11.8 Å². The summed E-state index contributed by atoms with van der Waals surface area (Å²) in [5.74, 6) is 0. The highest BCUT2D eigenvalue weighted by atomic mass is 32.2. The van der Waals surface area contributed by atoms with E-state index >= 15 is 0 Å². The lowest BCUT2D eigenvalue weighted by molar-refractivity contribution is 0.540. The Kier molecular flexibility index (Phi) is 22.4. The van der Waals surface area contributed by atoms with Crippen molar-refractivity contribution in [2.24, 2.45) is 0 Å². The van der Waals surface area contributed by atoms with E-state index in [9.17, 15) is 0 Å². The third kappa shape index (κ3) is 20.1. The van der Waals surface area contributed by atoms with Crippen molar-refractivity contribution in [2.45, 2.75) is 191 Å². The van der Waals surface area contributed by atoms with Crippen LogP contribution in [0.15, 0.2) is 58.3 Å². The summed E-state index contributed by atoms with van der Waals surface area (Å²) in [5, 5.41) is 7.41. The standard InChI is InChI=1S/C40H68N2S/c1-5-7-9-11-13-15-17-19-21-23-25-35(3)41-37-27-31-39(32-28-37)43-40-33-29-38(30-34-40)42-36(4)26-24-22-20-18-16-14-12-10-8-6-2/h27-36,41-42H,5-26H2,1-4H3. The quantitative estimate of drug-likeness (QED) is 0.0940. The molecule has 0 radical (unpaired) electrons. The number of hydrogen-bond donors (Lipinski definition) is 2. The minimum Gasteiger partial charge on any atom is -0.383 e. The first-order valence-electron chi connectivity index (χ1n) is 18.5. The summed E-state index contributed by atoms with van der Waals surface area (Å²) >= 11 is 1.84. The molecule has 0 fully saturated rings. The summed E-state index contributed by atoms with van der Waals surface area (Å²) in [6, 6.07) is 19.0. The summed E-state index contributed by atoms with van der Waals surface area (Å²) in [5.41, 5.74) is 2.47. The molecule has 2 aromatic carbocycles. The van der Waals surface area contributed by atoms with Crippen molar-refractivity contribution in [2.75, 3.05) is 10.6 Å². The van der Waals surface area contributed by atoms with Gasteiger partial charge in [0.1, 0.15) is 0 Å². The number of benzene rings is 2. The van der Waals surface area contributed by atoms with Gasteiger partial charge in [-0.05, 0) is 75.2 Å². The van der Waals surface area contributed by atoms with E-state index in [0.29, 0.717) is 12.1 Å². The van der Waals surface area contributed by atoms with Crippen molar-refractivity contribution in [3.63, 3.8) is 0 Å². The zero-order chi connectivity index (χ0) is 30.8. The molecule has 2 rings (SSSR count). The molecule has 0 saturated carbocycles. The Morgan fingerprint density at radius 2 is 0.698 bits per heavy atom. The highest BCUT2D eigenvalue weighted by Crippen LogP contribution is 2.30. The third-order valence-corrected chi connectivity index (χ3v) is 9.77. The van der Waals surface area contributed by atoms with Gasteiger partial charge in [0.15, 0.2) is 0 Å². The molecule has 2 nitrogen and oxygen atoms in total. The number of hydrogen-bond acceptors (Lipinski definition) is 3. The monoisotopic (exact) mass is 609 g/mol. The van der Waals surface area contributed by atoms with E-state index in [1.54, 1.807) is 0 Å². The predicted octanol–water partition coefficient (Wildman–Crippen LogP) is 14.1. The molecular formula is C40H68N2S. The molecular weight excluding hydrogens is 541 g/mol. The topological polar surface area (TPSA) is 24.1 Å². The SMILES string of the molecule is CCCCCCCCCCCCC(C)Nc1ccc(Sc2ccc(NC(C)CCCCCCCCCCCC)cc2)cc1. The van der Waals surface area contributed by atoms with Crippen molar-refractivity contribution >= 4 is 23.1 Å². The molecule has 244 valence electrons. The Morgan fingerprint density at radius 3 is 1.00 bits per heavy atom. The lowest BCUT2D eigenvalue weighted by atomic mass is 10.0. The molecule has 0 aliphatic carbocycles. The molecule has 0 aliphatic heterocycles. The second-order valence-electron chi connectivity index (χ2n) is 13.2. The molecule has 2 N–H and O–H groups in total. The molecule has 43 heavy (non-hydrogen) atoms. The maximum atomic E-state index is 3.71. The van der Waals surface area contributed by atoms with Crippen LogP contribution in [0.5, 0.6) is 0 Å². The van der Waals surface area contributed by atoms with Gasteiger partial charge in [0.25, 0.3) is 0 Å². The van der Waals surface area contributed by atoms with Crippen LogP contribution in [-0.2, 0) is 0 Å². The fourth-order valence-electron chi connectivity index (χ4n) is 5.96. The molecule has 0 amide bonds. The summed E-state index contributed by atoms with van der Waals surface area (Å²) in [4.78, 5) is 2.59. The smallest absolute Gasteiger partial charge is 0.0342 e. The van der Waals surface area contributed by atoms with Gasteiger partial charge in [-0.15, -0.1) is 0 Å². The van der Waals surface area contributed by atoms with Gasteiger partial charge < -0.3 is 10.6 Å². The zero-order valence-corrected chi connectivity index (χ0v) is 29.6. The van der Waals surface area contributed by atoms with Crippen molar-refractivity contribution in [1.82, 2.24) is 0 Å². The van der Waals surface area contributed by atoms with Crippen molar-refractivity contribution in [1.29, 1.82) is 0 Å². The Balaban J connectivity index is 1.54. The molecule has 0 spiro atoms. The molecule has 0 aromatic heterocycles. The van der Waals surface area contributed by atoms with E-state index in [1.807, 2.05) is 11.8 Å². The fraction of sp³-hybridized carbons (Fsp3) is 0.700. The van der Waals surface area contributed by atoms with Gasteiger partial charge in [0.05, 0.1) is 0 Å². The van der Waals surface area contributed by atoms with Crippen molar-refractivity contribution in [3.8, 4) is 0 Å². The first-order valence-corrected chi connectivity index (χ1v) is 19.3. The largest absolute Gasteiger partial charge is 0.383 e. The van der Waals surface area contributed by atoms with Crippen molar-refractivity contribution in [3.05, 3.63) is 48.5 Å². The highest BCUT2D eigenvalue weighted by Gasteiger charge is 2.05. The normalized spacial score (nSPS) is 12.7. The Bertz CT molecular complexity index is 805. The van der Waals surface area contributed by atoms with E-state index in [1.165, 1.54) is 162 Å². The van der Waals surface area contributed by atoms with E-state index in [0.717, 1.165) is 0 Å². The zero-order valence-electron chi connectivity index (χ0n) is 28.7. The lowest BCUT2D eigenvalue weighted by Gasteiger charge is -2.16. The number of nitrogens with one attached hydrogen (secondary N) is 2. The van der Waals surface area contributed by atoms with Gasteiger partial charge in [0, 0.05) is 33.2 Å². The van der Waals surface area contributed by atoms with E-state index in [-0.39, 0.29) is 0 Å². The van der Waals surface area contributed by atoms with Crippen LogP contribution in [0.4, 0.5) is 11.4 Å². The minimum atomic E-state index is 0.528. The molecule has 3 heteroatoms. The van der Waals surface area contributed by atoms with Gasteiger partial charge in [-0.2, -0.15) is 0 Å². The number of unbranched alkanes of at least 4 members (excludes halogenated alkanes) is 18. The van der Waals surface area contributed by atoms with Crippen molar-refractivity contribution < 1.29 is 0 Å².